The molecule has 0 radical (unpaired) electrons. The lowest BCUT2D eigenvalue weighted by Crippen LogP contribution is -2.43. The van der Waals surface area contributed by atoms with Gasteiger partial charge < -0.3 is 14.7 Å². The van der Waals surface area contributed by atoms with Gasteiger partial charge in [-0.3, -0.25) is 4.79 Å². The van der Waals surface area contributed by atoms with Crippen LogP contribution in [0.2, 0.25) is 0 Å². The molecule has 1 aliphatic heterocycles. The number of aryl methyl sites for hydroxylation is 2. The van der Waals surface area contributed by atoms with E-state index in [9.17, 15) is 4.79 Å². The largest absolute Gasteiger partial charge is 0.361 e. The van der Waals surface area contributed by atoms with Crippen molar-refractivity contribution in [1.29, 1.82) is 0 Å². The van der Waals surface area contributed by atoms with Crippen LogP contribution in [0.25, 0.3) is 0 Å². The summed E-state index contributed by atoms with van der Waals surface area (Å²) in [6, 6.07) is 0.372. The quantitative estimate of drug-likeness (QED) is 0.821. The van der Waals surface area contributed by atoms with Crippen molar-refractivity contribution < 1.29 is 9.32 Å². The number of rotatable bonds is 7. The minimum absolute atomic E-state index is 0. The van der Waals surface area contributed by atoms with Crippen LogP contribution in [0, 0.1) is 13.8 Å². The first-order chi connectivity index (χ1) is 10.1. The van der Waals surface area contributed by atoms with Crippen LogP contribution in [0.4, 0.5) is 0 Å². The van der Waals surface area contributed by atoms with Gasteiger partial charge in [-0.05, 0) is 33.2 Å². The number of thioether (sulfide) groups is 1. The van der Waals surface area contributed by atoms with Crippen molar-refractivity contribution in [3.8, 4) is 0 Å². The van der Waals surface area contributed by atoms with Crippen LogP contribution < -0.4 is 5.32 Å². The van der Waals surface area contributed by atoms with Crippen molar-refractivity contribution in [3.63, 3.8) is 0 Å². The first kappa shape index (κ1) is 19.3. The van der Waals surface area contributed by atoms with Gasteiger partial charge in [-0.15, -0.1) is 24.2 Å². The number of carbonyl (C=O) groups excluding carboxylic acids is 1. The standard InChI is InChI=1S/C15H25N3O2S.ClH/c1-4-7-18(13-5-6-16-8-13)15(19)10-21-9-14-11(2)17-20-12(14)3;/h13,16H,4-10H2,1-3H3;1H. The van der Waals surface area contributed by atoms with E-state index in [-0.39, 0.29) is 18.3 Å². The Kier molecular flexibility index (Phi) is 8.28. The number of hydrogen-bond acceptors (Lipinski definition) is 5. The van der Waals surface area contributed by atoms with Gasteiger partial charge in [0.05, 0.1) is 11.4 Å². The molecule has 1 saturated heterocycles. The molecule has 1 N–H and O–H groups in total. The Labute approximate surface area is 143 Å². The fourth-order valence-corrected chi connectivity index (χ4v) is 3.75. The molecule has 1 aromatic heterocycles. The third-order valence-corrected chi connectivity index (χ3v) is 4.86. The van der Waals surface area contributed by atoms with Crippen LogP contribution in [0.5, 0.6) is 0 Å². The SMILES string of the molecule is CCCN(C(=O)CSCc1c(C)noc1C)C1CCNC1.Cl. The predicted octanol–water partition coefficient (Wildman–Crippen LogP) is 2.55. The molecule has 2 rings (SSSR count). The Morgan fingerprint density at radius 2 is 2.27 bits per heavy atom. The molecule has 22 heavy (non-hydrogen) atoms. The average Bonchev–Trinajstić information content (AvgIpc) is 3.09. The van der Waals surface area contributed by atoms with E-state index in [1.54, 1.807) is 11.8 Å². The molecule has 5 nitrogen and oxygen atoms in total. The van der Waals surface area contributed by atoms with E-state index in [0.717, 1.165) is 55.2 Å². The van der Waals surface area contributed by atoms with E-state index >= 15 is 0 Å². The highest BCUT2D eigenvalue weighted by molar-refractivity contribution is 7.99. The summed E-state index contributed by atoms with van der Waals surface area (Å²) in [5.41, 5.74) is 2.05. The Bertz CT molecular complexity index is 456. The minimum atomic E-state index is 0. The van der Waals surface area contributed by atoms with Gasteiger partial charge in [-0.25, -0.2) is 0 Å². The van der Waals surface area contributed by atoms with Gasteiger partial charge in [0, 0.05) is 30.4 Å². The number of nitrogens with one attached hydrogen (secondary N) is 1. The molecule has 126 valence electrons. The number of amides is 1. The Morgan fingerprint density at radius 1 is 1.50 bits per heavy atom. The van der Waals surface area contributed by atoms with Gasteiger partial charge in [0.15, 0.2) is 0 Å². The highest BCUT2D eigenvalue weighted by Crippen LogP contribution is 2.20. The number of aromatic nitrogens is 1. The van der Waals surface area contributed by atoms with Crippen molar-refractivity contribution in [2.24, 2.45) is 0 Å². The Hall–Kier alpha value is -0.720. The first-order valence-electron chi connectivity index (χ1n) is 7.63. The number of halogens is 1. The van der Waals surface area contributed by atoms with Gasteiger partial charge in [0.1, 0.15) is 5.76 Å². The maximum atomic E-state index is 12.5. The molecular weight excluding hydrogens is 322 g/mol. The summed E-state index contributed by atoms with van der Waals surface area (Å²) in [7, 11) is 0. The van der Waals surface area contributed by atoms with Gasteiger partial charge in [0.25, 0.3) is 0 Å². The van der Waals surface area contributed by atoms with Crippen molar-refractivity contribution in [3.05, 3.63) is 17.0 Å². The van der Waals surface area contributed by atoms with E-state index in [0.29, 0.717) is 11.8 Å². The zero-order valence-electron chi connectivity index (χ0n) is 13.6. The second kappa shape index (κ2) is 9.43. The monoisotopic (exact) mass is 347 g/mol. The van der Waals surface area contributed by atoms with Crippen LogP contribution >= 0.6 is 24.2 Å². The maximum absolute atomic E-state index is 12.5. The third kappa shape index (κ3) is 4.89. The lowest BCUT2D eigenvalue weighted by atomic mass is 10.2. The van der Waals surface area contributed by atoms with Crippen molar-refractivity contribution in [1.82, 2.24) is 15.4 Å². The van der Waals surface area contributed by atoms with Crippen LogP contribution in [-0.4, -0.2) is 47.4 Å². The molecule has 1 amide bonds. The van der Waals surface area contributed by atoms with Gasteiger partial charge in [-0.2, -0.15) is 0 Å². The fourth-order valence-electron chi connectivity index (χ4n) is 2.69. The molecule has 0 aliphatic carbocycles. The molecule has 1 atom stereocenters. The van der Waals surface area contributed by atoms with Gasteiger partial charge in [0.2, 0.25) is 5.91 Å². The maximum Gasteiger partial charge on any atom is 0.232 e. The van der Waals surface area contributed by atoms with Crippen LogP contribution in [-0.2, 0) is 10.5 Å². The molecule has 1 unspecified atom stereocenters. The summed E-state index contributed by atoms with van der Waals surface area (Å²) in [6.45, 7) is 8.80. The highest BCUT2D eigenvalue weighted by atomic mass is 35.5. The second-order valence-corrected chi connectivity index (χ2v) is 6.51. The van der Waals surface area contributed by atoms with Crippen LogP contribution in [0.1, 0.15) is 36.8 Å². The van der Waals surface area contributed by atoms with E-state index in [2.05, 4.69) is 22.3 Å². The van der Waals surface area contributed by atoms with E-state index in [4.69, 9.17) is 4.52 Å². The van der Waals surface area contributed by atoms with Crippen LogP contribution in [0.3, 0.4) is 0 Å². The summed E-state index contributed by atoms with van der Waals surface area (Å²) in [5.74, 6) is 2.43. The van der Waals surface area contributed by atoms with E-state index in [1.165, 1.54) is 0 Å². The van der Waals surface area contributed by atoms with Crippen molar-refractivity contribution in [2.45, 2.75) is 45.4 Å². The smallest absolute Gasteiger partial charge is 0.232 e. The topological polar surface area (TPSA) is 58.4 Å². The Morgan fingerprint density at radius 3 is 2.82 bits per heavy atom. The molecule has 0 bridgehead atoms. The van der Waals surface area contributed by atoms with Gasteiger partial charge >= 0.3 is 0 Å². The lowest BCUT2D eigenvalue weighted by molar-refractivity contribution is -0.130. The summed E-state index contributed by atoms with van der Waals surface area (Å²) >= 11 is 1.65. The summed E-state index contributed by atoms with van der Waals surface area (Å²) in [6.07, 6.45) is 2.08. The van der Waals surface area contributed by atoms with Gasteiger partial charge in [-0.1, -0.05) is 12.1 Å². The zero-order chi connectivity index (χ0) is 15.2. The van der Waals surface area contributed by atoms with E-state index < -0.39 is 0 Å². The normalized spacial score (nSPS) is 17.3. The van der Waals surface area contributed by atoms with Crippen LogP contribution in [0.15, 0.2) is 4.52 Å². The predicted molar refractivity (Wildman–Crippen MR) is 92.7 cm³/mol. The molecule has 0 saturated carbocycles. The second-order valence-electron chi connectivity index (χ2n) is 5.53. The zero-order valence-corrected chi connectivity index (χ0v) is 15.2. The van der Waals surface area contributed by atoms with Crippen molar-refractivity contribution >= 4 is 30.1 Å². The molecule has 1 aliphatic rings. The molecule has 2 heterocycles. The third-order valence-electron chi connectivity index (χ3n) is 3.91. The number of nitrogens with zero attached hydrogens (tertiary/aromatic N) is 2. The molecular formula is C15H26ClN3O2S. The Balaban J connectivity index is 0.00000242. The van der Waals surface area contributed by atoms with Crippen molar-refractivity contribution in [2.75, 3.05) is 25.4 Å². The summed E-state index contributed by atoms with van der Waals surface area (Å²) in [4.78, 5) is 14.5. The first-order valence-corrected chi connectivity index (χ1v) is 8.78. The molecule has 1 aromatic rings. The number of carbonyl (C=O) groups is 1. The fraction of sp³-hybridized carbons (Fsp3) is 0.733. The number of hydrogen-bond donors (Lipinski definition) is 1. The molecule has 7 heteroatoms. The summed E-state index contributed by atoms with van der Waals surface area (Å²) < 4.78 is 5.15. The summed E-state index contributed by atoms with van der Waals surface area (Å²) in [5, 5.41) is 7.29. The average molecular weight is 348 g/mol. The minimum Gasteiger partial charge on any atom is -0.361 e. The lowest BCUT2D eigenvalue weighted by Gasteiger charge is -2.28. The molecule has 1 fully saturated rings. The molecule has 0 spiro atoms. The highest BCUT2D eigenvalue weighted by Gasteiger charge is 2.25. The van der Waals surface area contributed by atoms with E-state index in [1.807, 2.05) is 13.8 Å². The molecule has 0 aromatic carbocycles.